The standard InChI is InChI=1S/C10H15N3O2/c1-4-8-5-9(13(3)12-8)10(15)11-6-7(2)14/h5H,4,6H2,1-3H3,(H,11,15). The third-order valence-electron chi connectivity index (χ3n) is 2.02. The van der Waals surface area contributed by atoms with Crippen LogP contribution in [-0.2, 0) is 18.3 Å². The zero-order chi connectivity index (χ0) is 11.4. The molecule has 0 spiro atoms. The number of Topliss-reactive ketones (excluding diaryl/α,β-unsaturated/α-hetero) is 1. The summed E-state index contributed by atoms with van der Waals surface area (Å²) in [5.41, 5.74) is 1.35. The maximum Gasteiger partial charge on any atom is 0.269 e. The van der Waals surface area contributed by atoms with Gasteiger partial charge in [-0.15, -0.1) is 0 Å². The van der Waals surface area contributed by atoms with Crippen LogP contribution in [0.1, 0.15) is 30.0 Å². The van der Waals surface area contributed by atoms with Gasteiger partial charge in [0.1, 0.15) is 11.5 Å². The number of nitrogens with one attached hydrogen (secondary N) is 1. The van der Waals surface area contributed by atoms with Gasteiger partial charge in [0.25, 0.3) is 5.91 Å². The molecule has 5 heteroatoms. The Balaban J connectivity index is 2.72. The molecule has 1 amide bonds. The van der Waals surface area contributed by atoms with Crippen LogP contribution < -0.4 is 5.32 Å². The molecular formula is C10H15N3O2. The maximum absolute atomic E-state index is 11.6. The van der Waals surface area contributed by atoms with Crippen LogP contribution in [0, 0.1) is 0 Å². The van der Waals surface area contributed by atoms with Gasteiger partial charge in [-0.1, -0.05) is 6.92 Å². The minimum Gasteiger partial charge on any atom is -0.344 e. The lowest BCUT2D eigenvalue weighted by Gasteiger charge is -2.01. The number of aromatic nitrogens is 2. The fourth-order valence-corrected chi connectivity index (χ4v) is 1.21. The number of rotatable bonds is 4. The Morgan fingerprint density at radius 3 is 2.67 bits per heavy atom. The Kier molecular flexibility index (Phi) is 3.60. The van der Waals surface area contributed by atoms with Gasteiger partial charge >= 0.3 is 0 Å². The predicted octanol–water partition coefficient (Wildman–Crippen LogP) is 0.301. The normalized spacial score (nSPS) is 10.1. The summed E-state index contributed by atoms with van der Waals surface area (Å²) in [5, 5.41) is 6.68. The quantitative estimate of drug-likeness (QED) is 0.775. The van der Waals surface area contributed by atoms with E-state index in [1.54, 1.807) is 13.1 Å². The number of aryl methyl sites for hydroxylation is 2. The highest BCUT2D eigenvalue weighted by Gasteiger charge is 2.12. The molecular weight excluding hydrogens is 194 g/mol. The Bertz CT molecular complexity index is 382. The summed E-state index contributed by atoms with van der Waals surface area (Å²) in [6.45, 7) is 3.46. The monoisotopic (exact) mass is 209 g/mol. The lowest BCUT2D eigenvalue weighted by atomic mass is 10.3. The zero-order valence-electron chi connectivity index (χ0n) is 9.20. The Hall–Kier alpha value is -1.65. The van der Waals surface area contributed by atoms with Crippen LogP contribution >= 0.6 is 0 Å². The number of amides is 1. The van der Waals surface area contributed by atoms with E-state index in [1.165, 1.54) is 11.6 Å². The van der Waals surface area contributed by atoms with Crippen molar-refractivity contribution in [3.63, 3.8) is 0 Å². The van der Waals surface area contributed by atoms with E-state index in [0.29, 0.717) is 5.69 Å². The largest absolute Gasteiger partial charge is 0.344 e. The van der Waals surface area contributed by atoms with Crippen molar-refractivity contribution in [1.29, 1.82) is 0 Å². The van der Waals surface area contributed by atoms with Crippen molar-refractivity contribution in [3.8, 4) is 0 Å². The molecule has 0 saturated carbocycles. The molecule has 0 bridgehead atoms. The van der Waals surface area contributed by atoms with Crippen molar-refractivity contribution >= 4 is 11.7 Å². The van der Waals surface area contributed by atoms with Crippen molar-refractivity contribution < 1.29 is 9.59 Å². The SMILES string of the molecule is CCc1cc(C(=O)NCC(C)=O)n(C)n1. The van der Waals surface area contributed by atoms with Crippen LogP contribution in [0.3, 0.4) is 0 Å². The van der Waals surface area contributed by atoms with Crippen LogP contribution in [0.5, 0.6) is 0 Å². The topological polar surface area (TPSA) is 64.0 Å². The summed E-state index contributed by atoms with van der Waals surface area (Å²) in [6.07, 6.45) is 0.786. The minimum atomic E-state index is -0.264. The summed E-state index contributed by atoms with van der Waals surface area (Å²) in [5.74, 6) is -0.332. The van der Waals surface area contributed by atoms with Gasteiger partial charge in [0, 0.05) is 7.05 Å². The molecule has 0 aliphatic carbocycles. The highest BCUT2D eigenvalue weighted by molar-refractivity contribution is 5.95. The lowest BCUT2D eigenvalue weighted by molar-refractivity contribution is -0.116. The number of hydrogen-bond acceptors (Lipinski definition) is 3. The van der Waals surface area contributed by atoms with Crippen LogP contribution in [0.4, 0.5) is 0 Å². The van der Waals surface area contributed by atoms with E-state index in [9.17, 15) is 9.59 Å². The summed E-state index contributed by atoms with van der Waals surface area (Å²) in [7, 11) is 1.71. The van der Waals surface area contributed by atoms with Gasteiger partial charge in [-0.05, 0) is 19.4 Å². The number of nitrogens with zero attached hydrogens (tertiary/aromatic N) is 2. The lowest BCUT2D eigenvalue weighted by Crippen LogP contribution is -2.29. The predicted molar refractivity (Wildman–Crippen MR) is 55.6 cm³/mol. The molecule has 15 heavy (non-hydrogen) atoms. The van der Waals surface area contributed by atoms with E-state index < -0.39 is 0 Å². The van der Waals surface area contributed by atoms with Crippen molar-refractivity contribution in [1.82, 2.24) is 15.1 Å². The molecule has 5 nitrogen and oxygen atoms in total. The first-order valence-electron chi connectivity index (χ1n) is 4.85. The first-order valence-corrected chi connectivity index (χ1v) is 4.85. The highest BCUT2D eigenvalue weighted by Crippen LogP contribution is 2.03. The number of ketones is 1. The molecule has 1 aromatic heterocycles. The van der Waals surface area contributed by atoms with Crippen LogP contribution in [0.2, 0.25) is 0 Å². The van der Waals surface area contributed by atoms with Gasteiger partial charge in [-0.2, -0.15) is 5.10 Å². The summed E-state index contributed by atoms with van der Waals surface area (Å²) in [6, 6.07) is 1.73. The maximum atomic E-state index is 11.6. The molecule has 0 fully saturated rings. The molecule has 0 aliphatic heterocycles. The molecule has 1 rings (SSSR count). The van der Waals surface area contributed by atoms with Gasteiger partial charge in [-0.25, -0.2) is 0 Å². The second-order valence-electron chi connectivity index (χ2n) is 3.38. The molecule has 0 radical (unpaired) electrons. The van der Waals surface area contributed by atoms with E-state index in [-0.39, 0.29) is 18.2 Å². The zero-order valence-corrected chi connectivity index (χ0v) is 9.20. The summed E-state index contributed by atoms with van der Waals surface area (Å²) >= 11 is 0. The fourth-order valence-electron chi connectivity index (χ4n) is 1.21. The molecule has 0 atom stereocenters. The Morgan fingerprint density at radius 1 is 1.53 bits per heavy atom. The van der Waals surface area contributed by atoms with Gasteiger partial charge in [0.05, 0.1) is 12.2 Å². The Morgan fingerprint density at radius 2 is 2.20 bits per heavy atom. The molecule has 1 heterocycles. The van der Waals surface area contributed by atoms with E-state index in [1.807, 2.05) is 6.92 Å². The third-order valence-corrected chi connectivity index (χ3v) is 2.02. The summed E-state index contributed by atoms with van der Waals surface area (Å²) < 4.78 is 1.52. The smallest absolute Gasteiger partial charge is 0.269 e. The van der Waals surface area contributed by atoms with Gasteiger partial charge < -0.3 is 5.32 Å². The molecule has 1 aromatic rings. The minimum absolute atomic E-state index is 0.0610. The van der Waals surface area contributed by atoms with E-state index in [0.717, 1.165) is 12.1 Å². The average molecular weight is 209 g/mol. The van der Waals surface area contributed by atoms with Crippen LogP contribution in [0.25, 0.3) is 0 Å². The molecule has 1 N–H and O–H groups in total. The van der Waals surface area contributed by atoms with Crippen LogP contribution in [0.15, 0.2) is 6.07 Å². The average Bonchev–Trinajstić information content (AvgIpc) is 2.56. The first-order chi connectivity index (χ1) is 7.04. The van der Waals surface area contributed by atoms with Crippen LogP contribution in [-0.4, -0.2) is 28.0 Å². The van der Waals surface area contributed by atoms with Crippen molar-refractivity contribution in [2.24, 2.45) is 7.05 Å². The number of carbonyl (C=O) groups is 2. The second kappa shape index (κ2) is 4.72. The Labute approximate surface area is 88.5 Å². The fraction of sp³-hybridized carbons (Fsp3) is 0.500. The number of hydrogen-bond donors (Lipinski definition) is 1. The van der Waals surface area contributed by atoms with Crippen molar-refractivity contribution in [3.05, 3.63) is 17.5 Å². The number of carbonyl (C=O) groups excluding carboxylic acids is 2. The van der Waals surface area contributed by atoms with Gasteiger partial charge in [0.2, 0.25) is 0 Å². The van der Waals surface area contributed by atoms with E-state index in [2.05, 4.69) is 10.4 Å². The molecule has 0 aromatic carbocycles. The highest BCUT2D eigenvalue weighted by atomic mass is 16.2. The molecule has 0 aliphatic rings. The van der Waals surface area contributed by atoms with Gasteiger partial charge in [0.15, 0.2) is 0 Å². The molecule has 0 unspecified atom stereocenters. The van der Waals surface area contributed by atoms with E-state index in [4.69, 9.17) is 0 Å². The second-order valence-corrected chi connectivity index (χ2v) is 3.38. The van der Waals surface area contributed by atoms with Crippen molar-refractivity contribution in [2.45, 2.75) is 20.3 Å². The van der Waals surface area contributed by atoms with Crippen molar-refractivity contribution in [2.75, 3.05) is 6.54 Å². The van der Waals surface area contributed by atoms with E-state index >= 15 is 0 Å². The summed E-state index contributed by atoms with van der Waals surface area (Å²) in [4.78, 5) is 22.3. The molecule has 82 valence electrons. The van der Waals surface area contributed by atoms with Gasteiger partial charge in [-0.3, -0.25) is 14.3 Å². The first kappa shape index (κ1) is 11.4. The molecule has 0 saturated heterocycles. The third kappa shape index (κ3) is 2.90.